The molecule has 2 rings (SSSR count). The van der Waals surface area contributed by atoms with E-state index in [1.54, 1.807) is 0 Å². The number of aromatic nitrogens is 1. The first kappa shape index (κ1) is 15.8. The largest absolute Gasteiger partial charge is 0.481 e. The molecule has 0 aliphatic rings. The summed E-state index contributed by atoms with van der Waals surface area (Å²) in [6, 6.07) is 3.96. The highest BCUT2D eigenvalue weighted by Gasteiger charge is 2.12. The molecule has 2 aromatic rings. The van der Waals surface area contributed by atoms with Gasteiger partial charge >= 0.3 is 5.97 Å². The number of nitrogens with zero attached hydrogens (tertiary/aromatic N) is 1. The van der Waals surface area contributed by atoms with Crippen molar-refractivity contribution in [2.75, 3.05) is 5.32 Å². The number of hydrogen-bond donors (Lipinski definition) is 2. The molecule has 0 radical (unpaired) electrons. The molecule has 0 saturated heterocycles. The summed E-state index contributed by atoms with van der Waals surface area (Å²) in [5.41, 5.74) is 3.88. The van der Waals surface area contributed by atoms with Crippen LogP contribution in [0.25, 0.3) is 0 Å². The predicted molar refractivity (Wildman–Crippen MR) is 87.0 cm³/mol. The van der Waals surface area contributed by atoms with E-state index < -0.39 is 5.97 Å². The number of carboxylic acids is 1. The Balaban J connectivity index is 2.21. The van der Waals surface area contributed by atoms with Gasteiger partial charge in [0.05, 0.1) is 22.8 Å². The summed E-state index contributed by atoms with van der Waals surface area (Å²) in [7, 11) is 0. The molecule has 0 unspecified atom stereocenters. The molecule has 0 fully saturated rings. The van der Waals surface area contributed by atoms with Crippen LogP contribution in [0.3, 0.4) is 0 Å². The van der Waals surface area contributed by atoms with Crippen molar-refractivity contribution < 1.29 is 9.90 Å². The molecule has 1 aromatic heterocycles. The molecule has 0 aliphatic heterocycles. The summed E-state index contributed by atoms with van der Waals surface area (Å²) in [4.78, 5) is 16.1. The Morgan fingerprint density at radius 3 is 2.71 bits per heavy atom. The van der Waals surface area contributed by atoms with E-state index in [2.05, 4.69) is 16.4 Å². The molecule has 6 heteroatoms. The number of carbonyl (C=O) groups is 1. The van der Waals surface area contributed by atoms with Gasteiger partial charge in [-0.05, 0) is 44.4 Å². The van der Waals surface area contributed by atoms with Crippen molar-refractivity contribution in [3.8, 4) is 0 Å². The summed E-state index contributed by atoms with van der Waals surface area (Å²) in [5.74, 6) is -0.797. The molecule has 112 valence electrons. The van der Waals surface area contributed by atoms with E-state index in [-0.39, 0.29) is 6.42 Å². The monoisotopic (exact) mass is 324 g/mol. The van der Waals surface area contributed by atoms with E-state index in [1.807, 2.05) is 26.8 Å². The van der Waals surface area contributed by atoms with Gasteiger partial charge < -0.3 is 10.4 Å². The Hall–Kier alpha value is -1.59. The van der Waals surface area contributed by atoms with E-state index in [9.17, 15) is 4.79 Å². The fourth-order valence-corrected chi connectivity index (χ4v) is 3.45. The number of halogens is 1. The van der Waals surface area contributed by atoms with Gasteiger partial charge in [0, 0.05) is 4.88 Å². The van der Waals surface area contributed by atoms with Crippen molar-refractivity contribution in [3.63, 3.8) is 0 Å². The van der Waals surface area contributed by atoms with Crippen molar-refractivity contribution in [1.82, 2.24) is 4.98 Å². The lowest BCUT2D eigenvalue weighted by molar-refractivity contribution is -0.136. The van der Waals surface area contributed by atoms with Crippen LogP contribution in [-0.4, -0.2) is 16.1 Å². The first-order chi connectivity index (χ1) is 9.86. The third kappa shape index (κ3) is 3.95. The second-order valence-electron chi connectivity index (χ2n) is 4.98. The Bertz CT molecular complexity index is 659. The summed E-state index contributed by atoms with van der Waals surface area (Å²) >= 11 is 7.74. The number of hydrogen-bond acceptors (Lipinski definition) is 4. The van der Waals surface area contributed by atoms with Crippen LogP contribution in [0, 0.1) is 20.8 Å². The molecule has 0 saturated carbocycles. The third-order valence-corrected chi connectivity index (χ3v) is 4.55. The standard InChI is InChI=1S/C15H17ClN2O2S/c1-8-6-9(2)14(11(16)7-8)18-15-17-10(3)12(21-15)4-5-13(19)20/h6-7H,4-5H2,1-3H3,(H,17,18)(H,19,20). The van der Waals surface area contributed by atoms with Gasteiger partial charge in [-0.15, -0.1) is 11.3 Å². The highest BCUT2D eigenvalue weighted by atomic mass is 35.5. The van der Waals surface area contributed by atoms with Crippen molar-refractivity contribution in [1.29, 1.82) is 0 Å². The molecule has 4 nitrogen and oxygen atoms in total. The van der Waals surface area contributed by atoms with Crippen LogP contribution in [0.15, 0.2) is 12.1 Å². The van der Waals surface area contributed by atoms with Crippen LogP contribution in [0.4, 0.5) is 10.8 Å². The van der Waals surface area contributed by atoms with Gasteiger partial charge in [0.25, 0.3) is 0 Å². The van der Waals surface area contributed by atoms with E-state index in [0.29, 0.717) is 11.4 Å². The van der Waals surface area contributed by atoms with Crippen LogP contribution in [0.2, 0.25) is 5.02 Å². The van der Waals surface area contributed by atoms with Gasteiger partial charge in [-0.1, -0.05) is 17.7 Å². The van der Waals surface area contributed by atoms with Crippen LogP contribution < -0.4 is 5.32 Å². The molecular formula is C15H17ClN2O2S. The first-order valence-corrected chi connectivity index (χ1v) is 7.78. The van der Waals surface area contributed by atoms with Gasteiger partial charge in [0.15, 0.2) is 5.13 Å². The lowest BCUT2D eigenvalue weighted by Crippen LogP contribution is -1.96. The second kappa shape index (κ2) is 6.45. The Labute approximate surface area is 132 Å². The number of thiazole rings is 1. The van der Waals surface area contributed by atoms with Crippen LogP contribution in [-0.2, 0) is 11.2 Å². The van der Waals surface area contributed by atoms with Gasteiger partial charge in [-0.25, -0.2) is 4.98 Å². The highest BCUT2D eigenvalue weighted by molar-refractivity contribution is 7.15. The number of carboxylic acid groups (broad SMARTS) is 1. The topological polar surface area (TPSA) is 62.2 Å². The minimum Gasteiger partial charge on any atom is -0.481 e. The molecule has 0 bridgehead atoms. The van der Waals surface area contributed by atoms with E-state index in [1.165, 1.54) is 11.3 Å². The summed E-state index contributed by atoms with van der Waals surface area (Å²) in [6.07, 6.45) is 0.619. The molecule has 0 spiro atoms. The Kier molecular flexibility index (Phi) is 4.85. The summed E-state index contributed by atoms with van der Waals surface area (Å²) < 4.78 is 0. The molecule has 0 atom stereocenters. The lowest BCUT2D eigenvalue weighted by Gasteiger charge is -2.10. The zero-order valence-corrected chi connectivity index (χ0v) is 13.7. The van der Waals surface area contributed by atoms with E-state index in [4.69, 9.17) is 16.7 Å². The minimum atomic E-state index is -0.797. The fourth-order valence-electron chi connectivity index (χ4n) is 2.11. The maximum Gasteiger partial charge on any atom is 0.303 e. The molecule has 0 amide bonds. The number of aliphatic carboxylic acids is 1. The molecule has 1 heterocycles. The van der Waals surface area contributed by atoms with Gasteiger partial charge in [0.1, 0.15) is 0 Å². The number of anilines is 2. The number of benzene rings is 1. The van der Waals surface area contributed by atoms with Crippen LogP contribution in [0.1, 0.15) is 28.1 Å². The maximum absolute atomic E-state index is 10.7. The zero-order valence-electron chi connectivity index (χ0n) is 12.2. The fraction of sp³-hybridized carbons (Fsp3) is 0.333. The molecular weight excluding hydrogens is 308 g/mol. The molecule has 1 aromatic carbocycles. The second-order valence-corrected chi connectivity index (χ2v) is 6.48. The number of aryl methyl sites for hydroxylation is 4. The minimum absolute atomic E-state index is 0.118. The summed E-state index contributed by atoms with van der Waals surface area (Å²) in [5, 5.41) is 13.4. The highest BCUT2D eigenvalue weighted by Crippen LogP contribution is 2.33. The molecule has 2 N–H and O–H groups in total. The number of nitrogens with one attached hydrogen (secondary N) is 1. The lowest BCUT2D eigenvalue weighted by atomic mass is 10.1. The molecule has 0 aliphatic carbocycles. The van der Waals surface area contributed by atoms with E-state index in [0.717, 1.165) is 32.5 Å². The van der Waals surface area contributed by atoms with Crippen molar-refractivity contribution in [2.24, 2.45) is 0 Å². The van der Waals surface area contributed by atoms with Crippen molar-refractivity contribution >= 4 is 39.7 Å². The normalized spacial score (nSPS) is 10.7. The van der Waals surface area contributed by atoms with Gasteiger partial charge in [-0.2, -0.15) is 0 Å². The van der Waals surface area contributed by atoms with Gasteiger partial charge in [-0.3, -0.25) is 4.79 Å². The SMILES string of the molecule is Cc1cc(C)c(Nc2nc(C)c(CCC(=O)O)s2)c(Cl)c1. The Morgan fingerprint density at radius 2 is 2.10 bits per heavy atom. The summed E-state index contributed by atoms with van der Waals surface area (Å²) in [6.45, 7) is 5.88. The van der Waals surface area contributed by atoms with Gasteiger partial charge in [0.2, 0.25) is 0 Å². The Morgan fingerprint density at radius 1 is 1.38 bits per heavy atom. The van der Waals surface area contributed by atoms with Crippen molar-refractivity contribution in [2.45, 2.75) is 33.6 Å². The van der Waals surface area contributed by atoms with E-state index >= 15 is 0 Å². The zero-order chi connectivity index (χ0) is 15.6. The average Bonchev–Trinajstić information content (AvgIpc) is 2.71. The first-order valence-electron chi connectivity index (χ1n) is 6.58. The van der Waals surface area contributed by atoms with Crippen molar-refractivity contribution in [3.05, 3.63) is 38.9 Å². The quantitative estimate of drug-likeness (QED) is 0.851. The third-order valence-electron chi connectivity index (χ3n) is 3.12. The predicted octanol–water partition coefficient (Wildman–Crippen LogP) is 4.48. The molecule has 21 heavy (non-hydrogen) atoms. The average molecular weight is 325 g/mol. The van der Waals surface area contributed by atoms with Crippen LogP contribution >= 0.6 is 22.9 Å². The number of rotatable bonds is 5. The van der Waals surface area contributed by atoms with Crippen LogP contribution in [0.5, 0.6) is 0 Å². The maximum atomic E-state index is 10.7. The smallest absolute Gasteiger partial charge is 0.303 e.